The maximum atomic E-state index is 13.1. The highest BCUT2D eigenvalue weighted by Crippen LogP contribution is 2.32. The van der Waals surface area contributed by atoms with Gasteiger partial charge in [0.2, 0.25) is 0 Å². The highest BCUT2D eigenvalue weighted by molar-refractivity contribution is 7.92. The molecule has 1 aliphatic heterocycles. The molecule has 1 aromatic heterocycles. The van der Waals surface area contributed by atoms with E-state index in [1.54, 1.807) is 18.2 Å². The van der Waals surface area contributed by atoms with Crippen LogP contribution in [0.15, 0.2) is 47.4 Å². The Balaban J connectivity index is 1.75. The average Bonchev–Trinajstić information content (AvgIpc) is 2.95. The van der Waals surface area contributed by atoms with Crippen molar-refractivity contribution in [2.45, 2.75) is 44.0 Å². The van der Waals surface area contributed by atoms with Crippen LogP contribution in [0.4, 0.5) is 11.4 Å². The third-order valence-corrected chi connectivity index (χ3v) is 6.77. The van der Waals surface area contributed by atoms with Gasteiger partial charge in [-0.3, -0.25) is 14.8 Å². The predicted molar refractivity (Wildman–Crippen MR) is 112 cm³/mol. The zero-order valence-corrected chi connectivity index (χ0v) is 17.2. The molecular formula is C20H21N5O4S. The van der Waals surface area contributed by atoms with Crippen molar-refractivity contribution in [3.63, 3.8) is 0 Å². The summed E-state index contributed by atoms with van der Waals surface area (Å²) >= 11 is 0. The minimum atomic E-state index is -4.05. The van der Waals surface area contributed by atoms with Gasteiger partial charge in [0.15, 0.2) is 5.82 Å². The zero-order chi connectivity index (χ0) is 21.3. The fraction of sp³-hybridized carbons (Fsp3) is 0.300. The molecule has 1 aliphatic rings. The number of benzene rings is 2. The second-order valence-electron chi connectivity index (χ2n) is 7.21. The number of aromatic nitrogens is 3. The largest absolute Gasteiger partial charge is 0.311 e. The molecule has 0 amide bonds. The molecule has 9 nitrogen and oxygen atoms in total. The van der Waals surface area contributed by atoms with Gasteiger partial charge in [-0.15, -0.1) is 10.2 Å². The van der Waals surface area contributed by atoms with Crippen LogP contribution in [-0.2, 0) is 23.0 Å². The summed E-state index contributed by atoms with van der Waals surface area (Å²) in [5.74, 6) is 1.51. The van der Waals surface area contributed by atoms with Gasteiger partial charge in [0.1, 0.15) is 5.82 Å². The van der Waals surface area contributed by atoms with Gasteiger partial charge in [-0.05, 0) is 38.0 Å². The quantitative estimate of drug-likeness (QED) is 0.490. The Morgan fingerprint density at radius 2 is 1.87 bits per heavy atom. The first-order valence-corrected chi connectivity index (χ1v) is 11.1. The van der Waals surface area contributed by atoms with Crippen molar-refractivity contribution in [3.05, 3.63) is 64.0 Å². The molecule has 1 N–H and O–H groups in total. The molecule has 0 saturated carbocycles. The molecule has 0 bridgehead atoms. The van der Waals surface area contributed by atoms with Crippen LogP contribution < -0.4 is 4.72 Å². The summed E-state index contributed by atoms with van der Waals surface area (Å²) in [6.07, 6.45) is 4.02. The number of hydrogen-bond acceptors (Lipinski definition) is 6. The standard InChI is InChI=1S/C20H21N5O4S/c1-14-17(25(26)27)10-7-11-18(14)30(28,29)23-16-9-5-4-8-15(16)20-22-21-19-12-3-2-6-13-24(19)20/h4-5,7-11,23H,2-3,6,12-13H2,1H3. The van der Waals surface area contributed by atoms with Crippen molar-refractivity contribution in [1.82, 2.24) is 14.8 Å². The molecule has 4 rings (SSSR count). The molecule has 0 fully saturated rings. The molecule has 2 aromatic carbocycles. The number of rotatable bonds is 5. The molecule has 0 aliphatic carbocycles. The summed E-state index contributed by atoms with van der Waals surface area (Å²) in [6.45, 7) is 2.21. The molecule has 0 radical (unpaired) electrons. The lowest BCUT2D eigenvalue weighted by Gasteiger charge is -2.14. The van der Waals surface area contributed by atoms with Crippen molar-refractivity contribution in [3.8, 4) is 11.4 Å². The first kappa shape index (κ1) is 20.0. The first-order valence-electron chi connectivity index (χ1n) is 9.67. The van der Waals surface area contributed by atoms with Gasteiger partial charge in [-0.1, -0.05) is 24.6 Å². The van der Waals surface area contributed by atoms with Gasteiger partial charge in [0.25, 0.3) is 15.7 Å². The Labute approximate surface area is 174 Å². The number of nitrogens with zero attached hydrogens (tertiary/aromatic N) is 4. The van der Waals surface area contributed by atoms with Crippen molar-refractivity contribution < 1.29 is 13.3 Å². The van der Waals surface area contributed by atoms with Crippen molar-refractivity contribution in [2.75, 3.05) is 4.72 Å². The Morgan fingerprint density at radius 3 is 2.67 bits per heavy atom. The van der Waals surface area contributed by atoms with Crippen LogP contribution >= 0.6 is 0 Å². The van der Waals surface area contributed by atoms with Gasteiger partial charge in [-0.2, -0.15) is 0 Å². The highest BCUT2D eigenvalue weighted by Gasteiger charge is 2.25. The highest BCUT2D eigenvalue weighted by atomic mass is 32.2. The van der Waals surface area contributed by atoms with Crippen molar-refractivity contribution in [1.29, 1.82) is 0 Å². The van der Waals surface area contributed by atoms with Crippen molar-refractivity contribution >= 4 is 21.4 Å². The van der Waals surface area contributed by atoms with E-state index in [2.05, 4.69) is 14.9 Å². The summed E-state index contributed by atoms with van der Waals surface area (Å²) in [7, 11) is -4.05. The third-order valence-electron chi connectivity index (χ3n) is 5.26. The molecule has 3 aromatic rings. The topological polar surface area (TPSA) is 120 Å². The number of nitro groups is 1. The van der Waals surface area contributed by atoms with E-state index in [-0.39, 0.29) is 16.1 Å². The van der Waals surface area contributed by atoms with E-state index in [0.717, 1.165) is 38.1 Å². The molecule has 0 unspecified atom stereocenters. The van der Waals surface area contributed by atoms with E-state index < -0.39 is 14.9 Å². The monoisotopic (exact) mass is 427 g/mol. The lowest BCUT2D eigenvalue weighted by molar-refractivity contribution is -0.385. The van der Waals surface area contributed by atoms with Crippen LogP contribution in [0.2, 0.25) is 0 Å². The molecule has 0 atom stereocenters. The van der Waals surface area contributed by atoms with E-state index in [4.69, 9.17) is 0 Å². The van der Waals surface area contributed by atoms with Crippen LogP contribution in [0, 0.1) is 17.0 Å². The van der Waals surface area contributed by atoms with Crippen LogP contribution in [0.25, 0.3) is 11.4 Å². The first-order chi connectivity index (χ1) is 14.4. The van der Waals surface area contributed by atoms with Gasteiger partial charge in [0.05, 0.1) is 15.5 Å². The van der Waals surface area contributed by atoms with Crippen LogP contribution in [0.3, 0.4) is 0 Å². The smallest absolute Gasteiger partial charge is 0.273 e. The van der Waals surface area contributed by atoms with Crippen molar-refractivity contribution in [2.24, 2.45) is 0 Å². The number of hydrogen-bond donors (Lipinski definition) is 1. The fourth-order valence-electron chi connectivity index (χ4n) is 3.74. The molecule has 0 spiro atoms. The van der Waals surface area contributed by atoms with Crippen LogP contribution in [0.5, 0.6) is 0 Å². The molecule has 156 valence electrons. The third kappa shape index (κ3) is 3.65. The summed E-state index contributed by atoms with van der Waals surface area (Å²) in [4.78, 5) is 10.5. The molecule has 2 heterocycles. The Bertz CT molecular complexity index is 1220. The predicted octanol–water partition coefficient (Wildman–Crippen LogP) is 3.69. The number of nitro benzene ring substituents is 1. The summed E-state index contributed by atoms with van der Waals surface area (Å²) in [5.41, 5.74) is 0.811. The lowest BCUT2D eigenvalue weighted by Crippen LogP contribution is -2.16. The SMILES string of the molecule is Cc1c([N+](=O)[O-])cccc1S(=O)(=O)Nc1ccccc1-c1nnc2n1CCCCC2. The van der Waals surface area contributed by atoms with E-state index >= 15 is 0 Å². The number of sulfonamides is 1. The lowest BCUT2D eigenvalue weighted by atomic mass is 10.1. The summed E-state index contributed by atoms with van der Waals surface area (Å²) < 4.78 is 30.8. The maximum Gasteiger partial charge on any atom is 0.273 e. The maximum absolute atomic E-state index is 13.1. The molecule has 10 heteroatoms. The Kier molecular flexibility index (Phi) is 5.25. The minimum Gasteiger partial charge on any atom is -0.311 e. The second kappa shape index (κ2) is 7.86. The van der Waals surface area contributed by atoms with Gasteiger partial charge >= 0.3 is 0 Å². The summed E-state index contributed by atoms with van der Waals surface area (Å²) in [6, 6.07) is 11.0. The fourth-order valence-corrected chi connectivity index (χ4v) is 5.09. The van der Waals surface area contributed by atoms with Gasteiger partial charge in [-0.25, -0.2) is 8.42 Å². The normalized spacial score (nSPS) is 14.0. The van der Waals surface area contributed by atoms with E-state index in [1.165, 1.54) is 25.1 Å². The van der Waals surface area contributed by atoms with Crippen LogP contribution in [0.1, 0.15) is 30.7 Å². The molecular weight excluding hydrogens is 406 g/mol. The number of fused-ring (bicyclic) bond motifs is 1. The van der Waals surface area contributed by atoms with Gasteiger partial charge in [0, 0.05) is 30.2 Å². The number of anilines is 1. The van der Waals surface area contributed by atoms with E-state index in [1.807, 2.05) is 10.6 Å². The zero-order valence-electron chi connectivity index (χ0n) is 16.4. The number of para-hydroxylation sites is 1. The number of aryl methyl sites for hydroxylation is 1. The Morgan fingerprint density at radius 1 is 1.07 bits per heavy atom. The number of nitrogens with one attached hydrogen (secondary N) is 1. The van der Waals surface area contributed by atoms with E-state index in [9.17, 15) is 18.5 Å². The second-order valence-corrected chi connectivity index (χ2v) is 8.86. The molecule has 30 heavy (non-hydrogen) atoms. The average molecular weight is 427 g/mol. The van der Waals surface area contributed by atoms with E-state index in [0.29, 0.717) is 17.1 Å². The minimum absolute atomic E-state index is 0.0869. The summed E-state index contributed by atoms with van der Waals surface area (Å²) in [5, 5.41) is 19.8. The van der Waals surface area contributed by atoms with Gasteiger partial charge < -0.3 is 4.57 Å². The Hall–Kier alpha value is -3.27. The molecule has 0 saturated heterocycles. The van der Waals surface area contributed by atoms with Crippen LogP contribution in [-0.4, -0.2) is 28.1 Å².